The van der Waals surface area contributed by atoms with Crippen molar-refractivity contribution in [2.75, 3.05) is 20.2 Å². The third-order valence-electron chi connectivity index (χ3n) is 3.22. The van der Waals surface area contributed by atoms with Crippen LogP contribution in [0.15, 0.2) is 18.2 Å². The Morgan fingerprint density at radius 3 is 3.11 bits per heavy atom. The molecule has 1 atom stereocenters. The molecule has 2 rings (SSSR count). The molecule has 0 saturated heterocycles. The quantitative estimate of drug-likeness (QED) is 0.813. The number of ether oxygens (including phenoxy) is 1. The number of fused-ring (bicyclic) bond motifs is 1. The van der Waals surface area contributed by atoms with Crippen LogP contribution in [0.3, 0.4) is 0 Å². The maximum absolute atomic E-state index is 11.8. The van der Waals surface area contributed by atoms with Crippen molar-refractivity contribution in [3.8, 4) is 5.75 Å². The van der Waals surface area contributed by atoms with E-state index in [9.17, 15) is 4.79 Å². The first-order valence-corrected chi connectivity index (χ1v) is 6.37. The van der Waals surface area contributed by atoms with Crippen molar-refractivity contribution in [2.45, 2.75) is 25.8 Å². The van der Waals surface area contributed by atoms with Crippen LogP contribution in [-0.4, -0.2) is 32.1 Å². The van der Waals surface area contributed by atoms with Gasteiger partial charge in [0, 0.05) is 19.0 Å². The highest BCUT2D eigenvalue weighted by molar-refractivity contribution is 5.78. The van der Waals surface area contributed by atoms with Gasteiger partial charge in [-0.15, -0.1) is 0 Å². The first-order valence-electron chi connectivity index (χ1n) is 6.37. The number of carbonyl (C=O) groups excluding carboxylic acids is 1. The largest absolute Gasteiger partial charge is 0.493 e. The minimum Gasteiger partial charge on any atom is -0.493 e. The van der Waals surface area contributed by atoms with Crippen molar-refractivity contribution < 1.29 is 9.53 Å². The number of carbonyl (C=O) groups is 1. The Morgan fingerprint density at radius 1 is 1.50 bits per heavy atom. The standard InChI is InChI=1S/C14H20N2O2/c1-10(15-2)9-16-14(17)8-11-3-4-13-12(7-11)5-6-18-13/h3-4,7,10,15H,5-6,8-9H2,1-2H3,(H,16,17). The zero-order valence-electron chi connectivity index (χ0n) is 11.0. The van der Waals surface area contributed by atoms with Gasteiger partial charge < -0.3 is 15.4 Å². The summed E-state index contributed by atoms with van der Waals surface area (Å²) < 4.78 is 5.44. The van der Waals surface area contributed by atoms with Gasteiger partial charge in [0.15, 0.2) is 0 Å². The van der Waals surface area contributed by atoms with Crippen LogP contribution in [-0.2, 0) is 17.6 Å². The summed E-state index contributed by atoms with van der Waals surface area (Å²) in [6, 6.07) is 6.29. The Bertz CT molecular complexity index is 432. The topological polar surface area (TPSA) is 50.4 Å². The number of nitrogens with one attached hydrogen (secondary N) is 2. The molecule has 0 spiro atoms. The molecule has 4 nitrogen and oxygen atoms in total. The lowest BCUT2D eigenvalue weighted by molar-refractivity contribution is -0.120. The van der Waals surface area contributed by atoms with Crippen LogP contribution in [0.5, 0.6) is 5.75 Å². The van der Waals surface area contributed by atoms with Crippen molar-refractivity contribution in [2.24, 2.45) is 0 Å². The molecule has 0 radical (unpaired) electrons. The van der Waals surface area contributed by atoms with Crippen LogP contribution in [0.2, 0.25) is 0 Å². The van der Waals surface area contributed by atoms with Crippen LogP contribution >= 0.6 is 0 Å². The molecule has 18 heavy (non-hydrogen) atoms. The SMILES string of the molecule is CNC(C)CNC(=O)Cc1ccc2c(c1)CCO2. The molecule has 0 bridgehead atoms. The Hall–Kier alpha value is -1.55. The van der Waals surface area contributed by atoms with E-state index in [1.807, 2.05) is 26.1 Å². The summed E-state index contributed by atoms with van der Waals surface area (Å²) in [4.78, 5) is 11.8. The fourth-order valence-corrected chi connectivity index (χ4v) is 1.97. The van der Waals surface area contributed by atoms with E-state index >= 15 is 0 Å². The van der Waals surface area contributed by atoms with Gasteiger partial charge in [-0.05, 0) is 31.2 Å². The van der Waals surface area contributed by atoms with Crippen LogP contribution in [0.1, 0.15) is 18.1 Å². The summed E-state index contributed by atoms with van der Waals surface area (Å²) in [5.41, 5.74) is 2.26. The second kappa shape index (κ2) is 5.87. The van der Waals surface area contributed by atoms with Gasteiger partial charge >= 0.3 is 0 Å². The predicted molar refractivity (Wildman–Crippen MR) is 70.9 cm³/mol. The monoisotopic (exact) mass is 248 g/mol. The normalized spacial score (nSPS) is 14.8. The molecule has 1 aromatic rings. The lowest BCUT2D eigenvalue weighted by Gasteiger charge is -2.11. The average molecular weight is 248 g/mol. The van der Waals surface area contributed by atoms with Crippen molar-refractivity contribution in [1.82, 2.24) is 10.6 Å². The number of rotatable bonds is 5. The van der Waals surface area contributed by atoms with Gasteiger partial charge in [-0.1, -0.05) is 12.1 Å². The molecule has 98 valence electrons. The summed E-state index contributed by atoms with van der Waals surface area (Å²) >= 11 is 0. The molecule has 1 aromatic carbocycles. The van der Waals surface area contributed by atoms with E-state index in [-0.39, 0.29) is 5.91 Å². The molecular weight excluding hydrogens is 228 g/mol. The van der Waals surface area contributed by atoms with Crippen molar-refractivity contribution >= 4 is 5.91 Å². The summed E-state index contributed by atoms with van der Waals surface area (Å²) in [7, 11) is 1.89. The Kier molecular flexibility index (Phi) is 4.20. The highest BCUT2D eigenvalue weighted by atomic mass is 16.5. The molecule has 0 saturated carbocycles. The van der Waals surface area contributed by atoms with E-state index in [1.54, 1.807) is 0 Å². The van der Waals surface area contributed by atoms with E-state index in [1.165, 1.54) is 5.56 Å². The lowest BCUT2D eigenvalue weighted by Crippen LogP contribution is -2.37. The molecule has 0 aromatic heterocycles. The fraction of sp³-hybridized carbons (Fsp3) is 0.500. The van der Waals surface area contributed by atoms with E-state index in [0.717, 1.165) is 24.3 Å². The van der Waals surface area contributed by atoms with Crippen LogP contribution in [0.25, 0.3) is 0 Å². The number of benzene rings is 1. The molecule has 1 unspecified atom stereocenters. The first-order chi connectivity index (χ1) is 8.69. The average Bonchev–Trinajstić information content (AvgIpc) is 2.83. The molecule has 1 aliphatic rings. The Labute approximate surface area is 108 Å². The second-order valence-corrected chi connectivity index (χ2v) is 4.71. The van der Waals surface area contributed by atoms with Crippen molar-refractivity contribution in [3.63, 3.8) is 0 Å². The number of likely N-dealkylation sites (N-methyl/N-ethyl adjacent to an activating group) is 1. The molecule has 1 heterocycles. The summed E-state index contributed by atoms with van der Waals surface area (Å²) in [6.07, 6.45) is 1.38. The van der Waals surface area contributed by atoms with Crippen LogP contribution < -0.4 is 15.4 Å². The minimum absolute atomic E-state index is 0.0657. The summed E-state index contributed by atoms with van der Waals surface area (Å²) in [5.74, 6) is 1.03. The molecule has 0 fully saturated rings. The van der Waals surface area contributed by atoms with Crippen LogP contribution in [0, 0.1) is 0 Å². The van der Waals surface area contributed by atoms with Gasteiger partial charge in [-0.25, -0.2) is 0 Å². The van der Waals surface area contributed by atoms with Crippen LogP contribution in [0.4, 0.5) is 0 Å². The molecule has 1 amide bonds. The Morgan fingerprint density at radius 2 is 2.33 bits per heavy atom. The van der Waals surface area contributed by atoms with Gasteiger partial charge in [0.05, 0.1) is 13.0 Å². The van der Waals surface area contributed by atoms with E-state index in [0.29, 0.717) is 19.0 Å². The predicted octanol–water partition coefficient (Wildman–Crippen LogP) is 0.888. The smallest absolute Gasteiger partial charge is 0.224 e. The molecule has 2 N–H and O–H groups in total. The number of hydrogen-bond donors (Lipinski definition) is 2. The minimum atomic E-state index is 0.0657. The van der Waals surface area contributed by atoms with Crippen molar-refractivity contribution in [3.05, 3.63) is 29.3 Å². The number of amides is 1. The van der Waals surface area contributed by atoms with Gasteiger partial charge in [0.1, 0.15) is 5.75 Å². The maximum Gasteiger partial charge on any atom is 0.224 e. The fourth-order valence-electron chi connectivity index (χ4n) is 1.97. The molecular formula is C14H20N2O2. The molecule has 1 aliphatic heterocycles. The zero-order valence-corrected chi connectivity index (χ0v) is 11.0. The third kappa shape index (κ3) is 3.23. The Balaban J connectivity index is 1.87. The van der Waals surface area contributed by atoms with E-state index in [4.69, 9.17) is 4.74 Å². The van der Waals surface area contributed by atoms with Gasteiger partial charge in [0.25, 0.3) is 0 Å². The zero-order chi connectivity index (χ0) is 13.0. The van der Waals surface area contributed by atoms with Gasteiger partial charge in [0.2, 0.25) is 5.91 Å². The van der Waals surface area contributed by atoms with E-state index in [2.05, 4.69) is 16.7 Å². The molecule has 4 heteroatoms. The highest BCUT2D eigenvalue weighted by Crippen LogP contribution is 2.25. The molecule has 0 aliphatic carbocycles. The van der Waals surface area contributed by atoms with Gasteiger partial charge in [-0.3, -0.25) is 4.79 Å². The highest BCUT2D eigenvalue weighted by Gasteiger charge is 2.13. The van der Waals surface area contributed by atoms with E-state index < -0.39 is 0 Å². The second-order valence-electron chi connectivity index (χ2n) is 4.71. The third-order valence-corrected chi connectivity index (χ3v) is 3.22. The number of hydrogen-bond acceptors (Lipinski definition) is 3. The summed E-state index contributed by atoms with van der Waals surface area (Å²) in [6.45, 7) is 3.45. The van der Waals surface area contributed by atoms with Crippen molar-refractivity contribution in [1.29, 1.82) is 0 Å². The maximum atomic E-state index is 11.8. The lowest BCUT2D eigenvalue weighted by atomic mass is 10.1. The first kappa shape index (κ1) is 12.9. The summed E-state index contributed by atoms with van der Waals surface area (Å²) in [5, 5.41) is 6.00. The van der Waals surface area contributed by atoms with Gasteiger partial charge in [-0.2, -0.15) is 0 Å².